The van der Waals surface area contributed by atoms with Crippen molar-refractivity contribution in [3.63, 3.8) is 0 Å². The van der Waals surface area contributed by atoms with Crippen LogP contribution in [0.5, 0.6) is 5.75 Å². The lowest BCUT2D eigenvalue weighted by atomic mass is 10.2. The maximum Gasteiger partial charge on any atom is 0.142 e. The zero-order valence-electron chi connectivity index (χ0n) is 10.5. The molecule has 0 aliphatic carbocycles. The van der Waals surface area contributed by atoms with Gasteiger partial charge in [0.1, 0.15) is 5.75 Å². The van der Waals surface area contributed by atoms with Crippen LogP contribution in [0.3, 0.4) is 0 Å². The Balaban J connectivity index is 2.03. The maximum absolute atomic E-state index is 6.16. The minimum Gasteiger partial charge on any atom is -0.495 e. The highest BCUT2D eigenvalue weighted by atomic mass is 35.5. The quantitative estimate of drug-likeness (QED) is 0.857. The first-order chi connectivity index (χ1) is 9.20. The molecule has 0 saturated carbocycles. The van der Waals surface area contributed by atoms with E-state index in [1.54, 1.807) is 25.1 Å². The summed E-state index contributed by atoms with van der Waals surface area (Å²) < 4.78 is 5.26. The van der Waals surface area contributed by atoms with E-state index in [1.165, 1.54) is 0 Å². The number of aromatic nitrogens is 1. The molecule has 0 radical (unpaired) electrons. The third kappa shape index (κ3) is 3.86. The summed E-state index contributed by atoms with van der Waals surface area (Å²) in [6, 6.07) is 11.2. The van der Waals surface area contributed by atoms with Crippen LogP contribution in [-0.2, 0) is 0 Å². The van der Waals surface area contributed by atoms with Crippen LogP contribution in [0.25, 0.3) is 0 Å². The number of halogens is 1. The van der Waals surface area contributed by atoms with Crippen molar-refractivity contribution in [3.8, 4) is 5.75 Å². The summed E-state index contributed by atoms with van der Waals surface area (Å²) in [5.74, 6) is 1.44. The largest absolute Gasteiger partial charge is 0.495 e. The van der Waals surface area contributed by atoms with Crippen molar-refractivity contribution in [2.24, 2.45) is 5.73 Å². The second kappa shape index (κ2) is 6.80. The Bertz CT molecular complexity index is 550. The van der Waals surface area contributed by atoms with Crippen LogP contribution in [0.2, 0.25) is 5.02 Å². The summed E-state index contributed by atoms with van der Waals surface area (Å²) in [5.41, 5.74) is 6.94. The molecular formula is C14H15ClN2OS. The summed E-state index contributed by atoms with van der Waals surface area (Å²) in [6.07, 6.45) is 1.72. The van der Waals surface area contributed by atoms with Crippen molar-refractivity contribution >= 4 is 23.4 Å². The van der Waals surface area contributed by atoms with Gasteiger partial charge in [0, 0.05) is 21.9 Å². The molecule has 0 spiro atoms. The molecular weight excluding hydrogens is 280 g/mol. The van der Waals surface area contributed by atoms with E-state index in [1.807, 2.05) is 36.4 Å². The molecule has 0 bridgehead atoms. The summed E-state index contributed by atoms with van der Waals surface area (Å²) >= 11 is 7.60. The van der Waals surface area contributed by atoms with Gasteiger partial charge in [0.2, 0.25) is 0 Å². The van der Waals surface area contributed by atoms with Crippen molar-refractivity contribution in [2.45, 2.75) is 10.9 Å². The van der Waals surface area contributed by atoms with E-state index in [0.29, 0.717) is 5.75 Å². The molecule has 2 rings (SSSR count). The molecule has 0 amide bonds. The van der Waals surface area contributed by atoms with Gasteiger partial charge in [-0.2, -0.15) is 0 Å². The van der Waals surface area contributed by atoms with E-state index in [2.05, 4.69) is 4.98 Å². The number of methoxy groups -OCH3 is 1. The summed E-state index contributed by atoms with van der Waals surface area (Å²) in [7, 11) is 1.62. The topological polar surface area (TPSA) is 48.1 Å². The van der Waals surface area contributed by atoms with E-state index in [-0.39, 0.29) is 6.04 Å². The van der Waals surface area contributed by atoms with Gasteiger partial charge < -0.3 is 10.5 Å². The van der Waals surface area contributed by atoms with Gasteiger partial charge in [-0.05, 0) is 30.3 Å². The lowest BCUT2D eigenvalue weighted by Crippen LogP contribution is -2.15. The van der Waals surface area contributed by atoms with Gasteiger partial charge in [0.25, 0.3) is 0 Å². The second-order valence-corrected chi connectivity index (χ2v) is 5.50. The number of thioether (sulfide) groups is 1. The predicted octanol–water partition coefficient (Wildman–Crippen LogP) is 3.54. The van der Waals surface area contributed by atoms with Crippen LogP contribution in [0, 0.1) is 0 Å². The molecule has 3 nitrogen and oxygen atoms in total. The van der Waals surface area contributed by atoms with Gasteiger partial charge in [0.05, 0.1) is 18.8 Å². The lowest BCUT2D eigenvalue weighted by Gasteiger charge is -2.14. The molecule has 0 aliphatic heterocycles. The van der Waals surface area contributed by atoms with E-state index in [4.69, 9.17) is 22.1 Å². The molecule has 1 aromatic carbocycles. The van der Waals surface area contributed by atoms with Crippen molar-refractivity contribution < 1.29 is 4.74 Å². The normalized spacial score (nSPS) is 12.2. The molecule has 0 fully saturated rings. The number of pyridine rings is 1. The smallest absolute Gasteiger partial charge is 0.142 e. The average Bonchev–Trinajstić information content (AvgIpc) is 2.45. The van der Waals surface area contributed by atoms with Crippen molar-refractivity contribution in [1.82, 2.24) is 4.98 Å². The fourth-order valence-corrected chi connectivity index (χ4v) is 2.85. The average molecular weight is 295 g/mol. The minimum atomic E-state index is -0.180. The monoisotopic (exact) mass is 294 g/mol. The number of rotatable bonds is 5. The highest BCUT2D eigenvalue weighted by Crippen LogP contribution is 2.28. The van der Waals surface area contributed by atoms with Gasteiger partial charge in [-0.3, -0.25) is 4.98 Å². The first-order valence-electron chi connectivity index (χ1n) is 5.83. The third-order valence-corrected chi connectivity index (χ3v) is 3.94. The number of ether oxygens (including phenoxy) is 1. The van der Waals surface area contributed by atoms with Crippen molar-refractivity contribution in [1.29, 1.82) is 0 Å². The highest BCUT2D eigenvalue weighted by molar-refractivity contribution is 7.99. The van der Waals surface area contributed by atoms with E-state index >= 15 is 0 Å². The van der Waals surface area contributed by atoms with Gasteiger partial charge in [-0.25, -0.2) is 0 Å². The zero-order chi connectivity index (χ0) is 13.7. The second-order valence-electron chi connectivity index (χ2n) is 3.97. The Hall–Kier alpha value is -1.23. The van der Waals surface area contributed by atoms with Gasteiger partial charge in [-0.1, -0.05) is 17.7 Å². The highest BCUT2D eigenvalue weighted by Gasteiger charge is 2.13. The Kier molecular flexibility index (Phi) is 5.07. The Morgan fingerprint density at radius 2 is 2.21 bits per heavy atom. The molecule has 1 unspecified atom stereocenters. The first-order valence-corrected chi connectivity index (χ1v) is 7.20. The predicted molar refractivity (Wildman–Crippen MR) is 79.9 cm³/mol. The number of benzene rings is 1. The van der Waals surface area contributed by atoms with E-state index in [9.17, 15) is 0 Å². The molecule has 2 aromatic rings. The van der Waals surface area contributed by atoms with Crippen LogP contribution < -0.4 is 10.5 Å². The fourth-order valence-electron chi connectivity index (χ4n) is 1.68. The van der Waals surface area contributed by atoms with Gasteiger partial charge in [-0.15, -0.1) is 11.8 Å². The molecule has 2 N–H and O–H groups in total. The molecule has 1 heterocycles. The van der Waals surface area contributed by atoms with Gasteiger partial charge in [0.15, 0.2) is 0 Å². The third-order valence-electron chi connectivity index (χ3n) is 2.60. The van der Waals surface area contributed by atoms with E-state index in [0.717, 1.165) is 21.4 Å². The van der Waals surface area contributed by atoms with Crippen molar-refractivity contribution in [2.75, 3.05) is 12.9 Å². The molecule has 1 atom stereocenters. The Morgan fingerprint density at radius 3 is 2.95 bits per heavy atom. The molecule has 19 heavy (non-hydrogen) atoms. The Labute approximate surface area is 122 Å². The number of nitrogens with two attached hydrogens (primary N) is 1. The van der Waals surface area contributed by atoms with Crippen LogP contribution in [0.1, 0.15) is 11.7 Å². The first kappa shape index (κ1) is 14.2. The van der Waals surface area contributed by atoms with Crippen LogP contribution >= 0.6 is 23.4 Å². The molecule has 5 heteroatoms. The molecule has 0 aliphatic rings. The Morgan fingerprint density at radius 1 is 1.37 bits per heavy atom. The molecule has 0 saturated heterocycles. The summed E-state index contributed by atoms with van der Waals surface area (Å²) in [4.78, 5) is 5.39. The SMILES string of the molecule is COc1cccnc1C(N)CSc1cccc(Cl)c1. The number of nitrogens with zero attached hydrogens (tertiary/aromatic N) is 1. The van der Waals surface area contributed by atoms with Crippen molar-refractivity contribution in [3.05, 3.63) is 53.3 Å². The van der Waals surface area contributed by atoms with Crippen LogP contribution in [-0.4, -0.2) is 17.8 Å². The van der Waals surface area contributed by atoms with Crippen LogP contribution in [0.4, 0.5) is 0 Å². The lowest BCUT2D eigenvalue weighted by molar-refractivity contribution is 0.404. The number of hydrogen-bond donors (Lipinski definition) is 1. The number of hydrogen-bond acceptors (Lipinski definition) is 4. The molecule has 100 valence electrons. The maximum atomic E-state index is 6.16. The minimum absolute atomic E-state index is 0.180. The van der Waals surface area contributed by atoms with E-state index < -0.39 is 0 Å². The van der Waals surface area contributed by atoms with Crippen LogP contribution in [0.15, 0.2) is 47.5 Å². The van der Waals surface area contributed by atoms with Gasteiger partial charge >= 0.3 is 0 Å². The summed E-state index contributed by atoms with van der Waals surface area (Å²) in [6.45, 7) is 0. The zero-order valence-corrected chi connectivity index (χ0v) is 12.1. The summed E-state index contributed by atoms with van der Waals surface area (Å²) in [5, 5.41) is 0.731. The fraction of sp³-hybridized carbons (Fsp3) is 0.214. The molecule has 1 aromatic heterocycles. The standard InChI is InChI=1S/C14H15ClN2OS/c1-18-13-6-3-7-17-14(13)12(16)9-19-11-5-2-4-10(15)8-11/h2-8,12H,9,16H2,1H3.